The number of hydrogen-bond acceptors (Lipinski definition) is 2. The van der Waals surface area contributed by atoms with Crippen LogP contribution in [-0.2, 0) is 12.8 Å². The van der Waals surface area contributed by atoms with Crippen molar-refractivity contribution in [2.24, 2.45) is 0 Å². The van der Waals surface area contributed by atoms with E-state index in [4.69, 9.17) is 5.26 Å². The Morgan fingerprint density at radius 1 is 1.40 bits per heavy atom. The molecule has 15 heavy (non-hydrogen) atoms. The summed E-state index contributed by atoms with van der Waals surface area (Å²) in [6.07, 6.45) is 4.41. The summed E-state index contributed by atoms with van der Waals surface area (Å²) in [5.41, 5.74) is 3.04. The quantitative estimate of drug-likeness (QED) is 0.723. The predicted molar refractivity (Wildman–Crippen MR) is 64.0 cm³/mol. The Labute approximate surface area is 95.5 Å². The Morgan fingerprint density at radius 2 is 2.20 bits per heavy atom. The van der Waals surface area contributed by atoms with E-state index in [0.717, 1.165) is 0 Å². The second kappa shape index (κ2) is 4.72. The van der Waals surface area contributed by atoms with Crippen LogP contribution in [0.5, 0.6) is 0 Å². The van der Waals surface area contributed by atoms with Gasteiger partial charge < -0.3 is 0 Å². The molecule has 2 heteroatoms. The first-order valence-corrected chi connectivity index (χ1v) is 6.33. The van der Waals surface area contributed by atoms with Crippen molar-refractivity contribution in [3.63, 3.8) is 0 Å². The lowest BCUT2D eigenvalue weighted by molar-refractivity contribution is 0.911. The number of benzene rings is 1. The van der Waals surface area contributed by atoms with Gasteiger partial charge in [0.25, 0.3) is 0 Å². The molecule has 1 atom stereocenters. The minimum Gasteiger partial charge on any atom is -0.198 e. The largest absolute Gasteiger partial charge is 0.198 e. The SMILES string of the molecule is CC(CC#N)Sc1ccc2c(c1)CCC2. The number of rotatable bonds is 3. The van der Waals surface area contributed by atoms with Crippen molar-refractivity contribution in [1.82, 2.24) is 0 Å². The topological polar surface area (TPSA) is 23.8 Å². The summed E-state index contributed by atoms with van der Waals surface area (Å²) in [5, 5.41) is 9.00. The maximum Gasteiger partial charge on any atom is 0.0633 e. The first-order valence-electron chi connectivity index (χ1n) is 5.45. The molecular formula is C13H15NS. The maximum atomic E-state index is 8.61. The molecule has 1 aromatic rings. The van der Waals surface area contributed by atoms with Gasteiger partial charge in [0.15, 0.2) is 0 Å². The van der Waals surface area contributed by atoms with Gasteiger partial charge in [-0.15, -0.1) is 11.8 Å². The van der Waals surface area contributed by atoms with Crippen molar-refractivity contribution in [1.29, 1.82) is 5.26 Å². The first kappa shape index (κ1) is 10.6. The molecule has 1 nitrogen and oxygen atoms in total. The van der Waals surface area contributed by atoms with Gasteiger partial charge in [-0.05, 0) is 42.5 Å². The van der Waals surface area contributed by atoms with Crippen LogP contribution in [0, 0.1) is 11.3 Å². The summed E-state index contributed by atoms with van der Waals surface area (Å²) in [5.74, 6) is 0. The van der Waals surface area contributed by atoms with Crippen LogP contribution in [0.3, 0.4) is 0 Å². The molecule has 0 fully saturated rings. The third-order valence-electron chi connectivity index (χ3n) is 2.79. The van der Waals surface area contributed by atoms with Gasteiger partial charge in [0, 0.05) is 16.6 Å². The van der Waals surface area contributed by atoms with E-state index in [0.29, 0.717) is 11.7 Å². The summed E-state index contributed by atoms with van der Waals surface area (Å²) in [7, 11) is 0. The normalized spacial score (nSPS) is 15.7. The highest BCUT2D eigenvalue weighted by atomic mass is 32.2. The Morgan fingerprint density at radius 3 is 3.00 bits per heavy atom. The summed E-state index contributed by atoms with van der Waals surface area (Å²) < 4.78 is 0. The van der Waals surface area contributed by atoms with E-state index in [9.17, 15) is 0 Å². The van der Waals surface area contributed by atoms with Crippen molar-refractivity contribution < 1.29 is 0 Å². The average Bonchev–Trinajstić information content (AvgIpc) is 2.65. The molecule has 1 aliphatic carbocycles. The lowest BCUT2D eigenvalue weighted by Gasteiger charge is -2.08. The number of aryl methyl sites for hydroxylation is 2. The van der Waals surface area contributed by atoms with Crippen molar-refractivity contribution in [2.45, 2.75) is 42.8 Å². The first-order chi connectivity index (χ1) is 7.29. The van der Waals surface area contributed by atoms with Crippen LogP contribution in [0.2, 0.25) is 0 Å². The fourth-order valence-corrected chi connectivity index (χ4v) is 3.00. The maximum absolute atomic E-state index is 8.61. The third kappa shape index (κ3) is 2.54. The van der Waals surface area contributed by atoms with E-state index in [1.54, 1.807) is 0 Å². The number of nitriles is 1. The fourth-order valence-electron chi connectivity index (χ4n) is 2.02. The Bertz CT molecular complexity index is 392. The zero-order chi connectivity index (χ0) is 10.7. The van der Waals surface area contributed by atoms with Crippen LogP contribution in [0.1, 0.15) is 30.9 Å². The van der Waals surface area contributed by atoms with Crippen LogP contribution in [0.4, 0.5) is 0 Å². The van der Waals surface area contributed by atoms with Gasteiger partial charge >= 0.3 is 0 Å². The van der Waals surface area contributed by atoms with Crippen molar-refractivity contribution >= 4 is 11.8 Å². The van der Waals surface area contributed by atoms with Gasteiger partial charge in [-0.2, -0.15) is 5.26 Å². The minimum absolute atomic E-state index is 0.398. The highest BCUT2D eigenvalue weighted by Crippen LogP contribution is 2.30. The van der Waals surface area contributed by atoms with Crippen molar-refractivity contribution in [3.8, 4) is 6.07 Å². The van der Waals surface area contributed by atoms with Crippen molar-refractivity contribution in [3.05, 3.63) is 29.3 Å². The summed E-state index contributed by atoms with van der Waals surface area (Å²) >= 11 is 1.81. The standard InChI is InChI=1S/C13H15NS/c1-10(7-8-14)15-13-6-5-11-3-2-4-12(11)9-13/h5-6,9-10H,2-4,7H2,1H3. The van der Waals surface area contributed by atoms with Crippen LogP contribution in [0.25, 0.3) is 0 Å². The molecule has 0 amide bonds. The molecule has 0 aromatic heterocycles. The van der Waals surface area contributed by atoms with E-state index in [1.807, 2.05) is 11.8 Å². The molecule has 0 aliphatic heterocycles. The number of thioether (sulfide) groups is 1. The molecule has 1 aromatic carbocycles. The predicted octanol–water partition coefficient (Wildman–Crippen LogP) is 3.57. The molecule has 0 saturated carbocycles. The van der Waals surface area contributed by atoms with Crippen LogP contribution < -0.4 is 0 Å². The molecule has 0 N–H and O–H groups in total. The molecule has 1 unspecified atom stereocenters. The molecule has 0 heterocycles. The van der Waals surface area contributed by atoms with E-state index >= 15 is 0 Å². The van der Waals surface area contributed by atoms with Gasteiger partial charge in [0.1, 0.15) is 0 Å². The van der Waals surface area contributed by atoms with E-state index in [2.05, 4.69) is 31.2 Å². The number of nitrogens with zero attached hydrogens (tertiary/aromatic N) is 1. The van der Waals surface area contributed by atoms with Crippen LogP contribution in [-0.4, -0.2) is 5.25 Å². The molecule has 1 aliphatic rings. The molecule has 0 spiro atoms. The Kier molecular flexibility index (Phi) is 3.33. The van der Waals surface area contributed by atoms with Gasteiger partial charge in [-0.1, -0.05) is 13.0 Å². The summed E-state index contributed by atoms with van der Waals surface area (Å²) in [6, 6.07) is 8.98. The van der Waals surface area contributed by atoms with Crippen LogP contribution >= 0.6 is 11.8 Å². The van der Waals surface area contributed by atoms with Gasteiger partial charge in [0.2, 0.25) is 0 Å². The lowest BCUT2D eigenvalue weighted by atomic mass is 10.1. The van der Waals surface area contributed by atoms with E-state index in [-0.39, 0.29) is 0 Å². The molecule has 0 bridgehead atoms. The molecule has 0 radical (unpaired) electrons. The molecule has 78 valence electrons. The van der Waals surface area contributed by atoms with Gasteiger partial charge in [0.05, 0.1) is 6.07 Å². The smallest absolute Gasteiger partial charge is 0.0633 e. The second-order valence-electron chi connectivity index (χ2n) is 4.07. The zero-order valence-electron chi connectivity index (χ0n) is 8.99. The molecule has 0 saturated heterocycles. The molecule has 2 rings (SSSR count). The number of fused-ring (bicyclic) bond motifs is 1. The Balaban J connectivity index is 2.07. The van der Waals surface area contributed by atoms with Crippen LogP contribution in [0.15, 0.2) is 23.1 Å². The zero-order valence-corrected chi connectivity index (χ0v) is 9.81. The third-order valence-corrected chi connectivity index (χ3v) is 3.88. The summed E-state index contributed by atoms with van der Waals surface area (Å²) in [6.45, 7) is 2.11. The minimum atomic E-state index is 0.398. The van der Waals surface area contributed by atoms with Gasteiger partial charge in [-0.25, -0.2) is 0 Å². The highest BCUT2D eigenvalue weighted by molar-refractivity contribution is 8.00. The Hall–Kier alpha value is -0.940. The number of hydrogen-bond donors (Lipinski definition) is 0. The highest BCUT2D eigenvalue weighted by Gasteiger charge is 2.12. The van der Waals surface area contributed by atoms with Crippen molar-refractivity contribution in [2.75, 3.05) is 0 Å². The summed E-state index contributed by atoms with van der Waals surface area (Å²) in [4.78, 5) is 1.32. The fraction of sp³-hybridized carbons (Fsp3) is 0.462. The van der Waals surface area contributed by atoms with E-state index < -0.39 is 0 Å². The lowest BCUT2D eigenvalue weighted by Crippen LogP contribution is -1.93. The monoisotopic (exact) mass is 217 g/mol. The molecular weight excluding hydrogens is 202 g/mol. The van der Waals surface area contributed by atoms with Gasteiger partial charge in [-0.3, -0.25) is 0 Å². The second-order valence-corrected chi connectivity index (χ2v) is 5.59. The van der Waals surface area contributed by atoms with E-state index in [1.165, 1.54) is 35.3 Å². The average molecular weight is 217 g/mol.